The second-order valence-corrected chi connectivity index (χ2v) is 5.82. The highest BCUT2D eigenvalue weighted by Gasteiger charge is 2.16. The van der Waals surface area contributed by atoms with E-state index in [1.807, 2.05) is 6.07 Å². The van der Waals surface area contributed by atoms with Gasteiger partial charge in [-0.05, 0) is 38.5 Å². The largest absolute Gasteiger partial charge is 0.493 e. The molecule has 0 aliphatic rings. The van der Waals surface area contributed by atoms with Gasteiger partial charge in [0.2, 0.25) is 5.91 Å². The van der Waals surface area contributed by atoms with Crippen LogP contribution in [0.25, 0.3) is 0 Å². The molecule has 0 aliphatic heterocycles. The fourth-order valence-electron chi connectivity index (χ4n) is 1.72. The SMILES string of the molecule is COc1ccc(CNC(=O)CNC(=O)OC(C)(C)C)cc1OC. The standard InChI is InChI=1S/C16H24N2O5/c1-16(2,3)23-15(20)18-10-14(19)17-9-11-6-7-12(21-4)13(8-11)22-5/h6-8H,9-10H2,1-5H3,(H,17,19)(H,18,20). The average molecular weight is 324 g/mol. The van der Waals surface area contributed by atoms with Crippen molar-refractivity contribution >= 4 is 12.0 Å². The Morgan fingerprint density at radius 3 is 2.26 bits per heavy atom. The maximum absolute atomic E-state index is 11.7. The summed E-state index contributed by atoms with van der Waals surface area (Å²) < 4.78 is 15.4. The summed E-state index contributed by atoms with van der Waals surface area (Å²) in [5.41, 5.74) is 0.258. The molecular formula is C16H24N2O5. The highest BCUT2D eigenvalue weighted by atomic mass is 16.6. The first kappa shape index (κ1) is 18.6. The van der Waals surface area contributed by atoms with E-state index in [2.05, 4.69) is 10.6 Å². The van der Waals surface area contributed by atoms with E-state index in [4.69, 9.17) is 14.2 Å². The van der Waals surface area contributed by atoms with Crippen LogP contribution < -0.4 is 20.1 Å². The lowest BCUT2D eigenvalue weighted by Crippen LogP contribution is -2.39. The summed E-state index contributed by atoms with van der Waals surface area (Å²) in [6.45, 7) is 5.43. The molecule has 2 N–H and O–H groups in total. The Morgan fingerprint density at radius 2 is 1.70 bits per heavy atom. The maximum atomic E-state index is 11.7. The third kappa shape index (κ3) is 6.90. The topological polar surface area (TPSA) is 85.9 Å². The summed E-state index contributed by atoms with van der Waals surface area (Å²) in [4.78, 5) is 23.2. The van der Waals surface area contributed by atoms with Gasteiger partial charge in [-0.3, -0.25) is 4.79 Å². The number of hydrogen-bond acceptors (Lipinski definition) is 5. The molecule has 2 amide bonds. The number of hydrogen-bond donors (Lipinski definition) is 2. The van der Waals surface area contributed by atoms with Crippen LogP contribution in [-0.4, -0.2) is 38.4 Å². The predicted molar refractivity (Wildman–Crippen MR) is 85.6 cm³/mol. The Kier molecular flexibility index (Phi) is 6.68. The van der Waals surface area contributed by atoms with Crippen LogP contribution >= 0.6 is 0 Å². The molecular weight excluding hydrogens is 300 g/mol. The van der Waals surface area contributed by atoms with Crippen molar-refractivity contribution in [1.82, 2.24) is 10.6 Å². The number of ether oxygens (including phenoxy) is 3. The van der Waals surface area contributed by atoms with Crippen LogP contribution in [0.5, 0.6) is 11.5 Å². The van der Waals surface area contributed by atoms with Gasteiger partial charge in [0.25, 0.3) is 0 Å². The minimum Gasteiger partial charge on any atom is -0.493 e. The molecule has 0 heterocycles. The van der Waals surface area contributed by atoms with E-state index in [1.165, 1.54) is 0 Å². The number of benzene rings is 1. The third-order valence-electron chi connectivity index (χ3n) is 2.73. The molecule has 0 aliphatic carbocycles. The Balaban J connectivity index is 2.43. The molecule has 0 fully saturated rings. The minimum absolute atomic E-state index is 0.151. The third-order valence-corrected chi connectivity index (χ3v) is 2.73. The molecule has 0 radical (unpaired) electrons. The Bertz CT molecular complexity index is 552. The summed E-state index contributed by atoms with van der Waals surface area (Å²) in [5, 5.41) is 5.10. The molecule has 0 saturated heterocycles. The number of carbonyl (C=O) groups is 2. The quantitative estimate of drug-likeness (QED) is 0.834. The molecule has 0 spiro atoms. The molecule has 1 rings (SSSR count). The van der Waals surface area contributed by atoms with Gasteiger partial charge in [-0.1, -0.05) is 6.07 Å². The monoisotopic (exact) mass is 324 g/mol. The number of nitrogens with one attached hydrogen (secondary N) is 2. The number of amides is 2. The summed E-state index contributed by atoms with van der Waals surface area (Å²) >= 11 is 0. The Labute approximate surface area is 136 Å². The summed E-state index contributed by atoms with van der Waals surface area (Å²) in [5.74, 6) is 0.894. The van der Waals surface area contributed by atoms with Crippen LogP contribution in [0.3, 0.4) is 0 Å². The molecule has 23 heavy (non-hydrogen) atoms. The van der Waals surface area contributed by atoms with Crippen LogP contribution in [0.1, 0.15) is 26.3 Å². The van der Waals surface area contributed by atoms with E-state index in [0.717, 1.165) is 5.56 Å². The van der Waals surface area contributed by atoms with Crippen molar-refractivity contribution in [1.29, 1.82) is 0 Å². The van der Waals surface area contributed by atoms with E-state index in [1.54, 1.807) is 47.1 Å². The van der Waals surface area contributed by atoms with Gasteiger partial charge < -0.3 is 24.8 Å². The van der Waals surface area contributed by atoms with Crippen LogP contribution in [0.15, 0.2) is 18.2 Å². The van der Waals surface area contributed by atoms with Crippen LogP contribution in [0.4, 0.5) is 4.79 Å². The van der Waals surface area contributed by atoms with E-state index in [0.29, 0.717) is 18.0 Å². The lowest BCUT2D eigenvalue weighted by molar-refractivity contribution is -0.120. The van der Waals surface area contributed by atoms with Crippen molar-refractivity contribution < 1.29 is 23.8 Å². The van der Waals surface area contributed by atoms with Crippen molar-refractivity contribution in [2.45, 2.75) is 32.9 Å². The zero-order valence-corrected chi connectivity index (χ0v) is 14.2. The lowest BCUT2D eigenvalue weighted by atomic mass is 10.2. The van der Waals surface area contributed by atoms with Crippen LogP contribution in [-0.2, 0) is 16.1 Å². The van der Waals surface area contributed by atoms with Crippen LogP contribution in [0.2, 0.25) is 0 Å². The van der Waals surface area contributed by atoms with Gasteiger partial charge in [0.1, 0.15) is 12.1 Å². The Morgan fingerprint density at radius 1 is 1.04 bits per heavy atom. The lowest BCUT2D eigenvalue weighted by Gasteiger charge is -2.19. The van der Waals surface area contributed by atoms with Crippen LogP contribution in [0, 0.1) is 0 Å². The molecule has 7 nitrogen and oxygen atoms in total. The smallest absolute Gasteiger partial charge is 0.408 e. The highest BCUT2D eigenvalue weighted by Crippen LogP contribution is 2.27. The molecule has 128 valence electrons. The van der Waals surface area contributed by atoms with Crippen molar-refractivity contribution in [3.05, 3.63) is 23.8 Å². The molecule has 0 atom stereocenters. The summed E-state index contributed by atoms with van der Waals surface area (Å²) in [7, 11) is 3.10. The zero-order chi connectivity index (χ0) is 17.5. The van der Waals surface area contributed by atoms with Crippen molar-refractivity contribution in [2.24, 2.45) is 0 Å². The van der Waals surface area contributed by atoms with Gasteiger partial charge in [0, 0.05) is 6.54 Å². The molecule has 0 bridgehead atoms. The van der Waals surface area contributed by atoms with Gasteiger partial charge in [-0.25, -0.2) is 4.79 Å². The first-order valence-electron chi connectivity index (χ1n) is 7.19. The number of carbonyl (C=O) groups excluding carboxylic acids is 2. The van der Waals surface area contributed by atoms with E-state index in [-0.39, 0.29) is 12.5 Å². The zero-order valence-electron chi connectivity index (χ0n) is 14.2. The normalized spacial score (nSPS) is 10.7. The molecule has 1 aromatic rings. The van der Waals surface area contributed by atoms with Gasteiger partial charge in [0.15, 0.2) is 11.5 Å². The molecule has 0 saturated carbocycles. The number of rotatable bonds is 6. The maximum Gasteiger partial charge on any atom is 0.408 e. The van der Waals surface area contributed by atoms with E-state index in [9.17, 15) is 9.59 Å². The minimum atomic E-state index is -0.626. The fraction of sp³-hybridized carbons (Fsp3) is 0.500. The van der Waals surface area contributed by atoms with Gasteiger partial charge in [-0.2, -0.15) is 0 Å². The molecule has 7 heteroatoms. The average Bonchev–Trinajstić information content (AvgIpc) is 2.48. The molecule has 1 aromatic carbocycles. The first-order chi connectivity index (χ1) is 10.7. The highest BCUT2D eigenvalue weighted by molar-refractivity contribution is 5.82. The number of alkyl carbamates (subject to hydrolysis) is 1. The first-order valence-corrected chi connectivity index (χ1v) is 7.19. The van der Waals surface area contributed by atoms with Crippen molar-refractivity contribution in [3.63, 3.8) is 0 Å². The molecule has 0 aromatic heterocycles. The van der Waals surface area contributed by atoms with Crippen molar-refractivity contribution in [3.8, 4) is 11.5 Å². The van der Waals surface area contributed by atoms with Gasteiger partial charge >= 0.3 is 6.09 Å². The van der Waals surface area contributed by atoms with Gasteiger partial charge in [-0.15, -0.1) is 0 Å². The Hall–Kier alpha value is -2.44. The number of methoxy groups -OCH3 is 2. The molecule has 0 unspecified atom stereocenters. The summed E-state index contributed by atoms with van der Waals surface area (Å²) in [6.07, 6.45) is -0.626. The van der Waals surface area contributed by atoms with Gasteiger partial charge in [0.05, 0.1) is 14.2 Å². The summed E-state index contributed by atoms with van der Waals surface area (Å²) in [6, 6.07) is 5.36. The second kappa shape index (κ2) is 8.26. The van der Waals surface area contributed by atoms with Crippen molar-refractivity contribution in [2.75, 3.05) is 20.8 Å². The second-order valence-electron chi connectivity index (χ2n) is 5.82. The van der Waals surface area contributed by atoms with E-state index >= 15 is 0 Å². The van der Waals surface area contributed by atoms with E-state index < -0.39 is 11.7 Å². The predicted octanol–water partition coefficient (Wildman–Crippen LogP) is 1.84. The fourth-order valence-corrected chi connectivity index (χ4v) is 1.72.